The molecule has 0 saturated carbocycles. The van der Waals surface area contributed by atoms with Gasteiger partial charge in [-0.25, -0.2) is 0 Å². The zero-order valence-electron chi connectivity index (χ0n) is 37.9. The van der Waals surface area contributed by atoms with Crippen molar-refractivity contribution >= 4 is 43.1 Å². The van der Waals surface area contributed by atoms with E-state index in [1.165, 1.54) is 87.6 Å². The molecule has 8 aromatic rings. The van der Waals surface area contributed by atoms with Gasteiger partial charge in [0.1, 0.15) is 0 Å². The first-order valence-corrected chi connectivity index (χ1v) is 21.0. The van der Waals surface area contributed by atoms with Gasteiger partial charge in [-0.3, -0.25) is 0 Å². The molecule has 0 radical (unpaired) electrons. The molecule has 8 rings (SSSR count). The van der Waals surface area contributed by atoms with E-state index < -0.39 is 0 Å². The molecule has 0 aliphatic rings. The highest BCUT2D eigenvalue weighted by molar-refractivity contribution is 6.10. The molecule has 0 heteroatoms. The quantitative estimate of drug-likeness (QED) is 0.136. The van der Waals surface area contributed by atoms with E-state index >= 15 is 0 Å². The van der Waals surface area contributed by atoms with Crippen molar-refractivity contribution in [1.29, 1.82) is 0 Å². The van der Waals surface area contributed by atoms with Gasteiger partial charge in [0.05, 0.1) is 0 Å². The maximum absolute atomic E-state index is 2.24. The van der Waals surface area contributed by atoms with Crippen LogP contribution in [0.3, 0.4) is 0 Å². The van der Waals surface area contributed by atoms with Crippen LogP contribution in [0.1, 0.15) is 99.9 Å². The van der Waals surface area contributed by atoms with Crippen LogP contribution in [0.5, 0.6) is 0 Å². The van der Waals surface area contributed by atoms with E-state index in [9.17, 15) is 0 Å². The molecule has 0 aliphatic heterocycles. The number of fused-ring (bicyclic) bond motifs is 5. The van der Waals surface area contributed by atoms with E-state index in [1.807, 2.05) is 55.4 Å². The Kier molecular flexibility index (Phi) is 23.2. The lowest BCUT2D eigenvalue weighted by Crippen LogP contribution is -1.87. The van der Waals surface area contributed by atoms with Crippen molar-refractivity contribution in [3.05, 3.63) is 190 Å². The Balaban J connectivity index is 0.000000359. The predicted octanol–water partition coefficient (Wildman–Crippen LogP) is 17.9. The summed E-state index contributed by atoms with van der Waals surface area (Å²) in [4.78, 5) is 0. The van der Waals surface area contributed by atoms with Crippen LogP contribution >= 0.6 is 0 Å². The Morgan fingerprint density at radius 2 is 0.518 bits per heavy atom. The van der Waals surface area contributed by atoms with Crippen molar-refractivity contribution in [2.45, 2.75) is 111 Å². The molecule has 0 heterocycles. The molecule has 0 nitrogen and oxygen atoms in total. The number of aryl methyl sites for hydroxylation is 8. The van der Waals surface area contributed by atoms with Crippen molar-refractivity contribution < 1.29 is 0 Å². The number of hydrogen-bond donors (Lipinski definition) is 0. The Hall–Kier alpha value is -5.20. The van der Waals surface area contributed by atoms with Crippen LogP contribution in [0, 0.1) is 55.4 Å². The van der Waals surface area contributed by atoms with Gasteiger partial charge in [0.25, 0.3) is 0 Å². The molecule has 0 unspecified atom stereocenters. The Labute approximate surface area is 342 Å². The molecule has 0 aliphatic carbocycles. The van der Waals surface area contributed by atoms with E-state index in [1.54, 1.807) is 0 Å². The summed E-state index contributed by atoms with van der Waals surface area (Å²) in [5.41, 5.74) is 11.0. The molecule has 0 spiro atoms. The van der Waals surface area contributed by atoms with Crippen molar-refractivity contribution in [2.24, 2.45) is 0 Å². The molecule has 296 valence electrons. The summed E-state index contributed by atoms with van der Waals surface area (Å²) in [7, 11) is 0. The van der Waals surface area contributed by atoms with Gasteiger partial charge >= 0.3 is 0 Å². The molecule has 0 amide bonds. The lowest BCUT2D eigenvalue weighted by atomic mass is 9.93. The second-order valence-electron chi connectivity index (χ2n) is 12.9. The van der Waals surface area contributed by atoms with Crippen LogP contribution in [0.25, 0.3) is 43.1 Å². The van der Waals surface area contributed by atoms with Gasteiger partial charge in [-0.15, -0.1) is 0 Å². The average molecular weight is 745 g/mol. The molecule has 0 bridgehead atoms. The molecular formula is C56H72. The zero-order chi connectivity index (χ0) is 42.2. The summed E-state index contributed by atoms with van der Waals surface area (Å²) in [6.07, 6.45) is 0. The maximum atomic E-state index is 2.24. The van der Waals surface area contributed by atoms with Crippen LogP contribution in [0.15, 0.2) is 146 Å². The number of rotatable bonds is 0. The van der Waals surface area contributed by atoms with Crippen molar-refractivity contribution in [1.82, 2.24) is 0 Å². The molecule has 8 aromatic carbocycles. The summed E-state index contributed by atoms with van der Waals surface area (Å²) < 4.78 is 0. The minimum atomic E-state index is 1.33. The Morgan fingerprint density at radius 3 is 0.893 bits per heavy atom. The second-order valence-corrected chi connectivity index (χ2v) is 12.9. The molecule has 0 fully saturated rings. The highest BCUT2D eigenvalue weighted by atomic mass is 14.1. The van der Waals surface area contributed by atoms with Gasteiger partial charge in [0.2, 0.25) is 0 Å². The SMILES string of the molecule is CC.CC.CC.CC.Cc1c(C)c2ccccc2c2ccccc12.Cc1cc2ccccc2cc1C.Cc1ccc2ccccc2c1C.Cc1ccccc1C. The van der Waals surface area contributed by atoms with E-state index in [-0.39, 0.29) is 0 Å². The molecular weight excluding hydrogens is 673 g/mol. The highest BCUT2D eigenvalue weighted by Crippen LogP contribution is 2.31. The largest absolute Gasteiger partial charge is 0.0683 e. The third kappa shape index (κ3) is 13.5. The monoisotopic (exact) mass is 745 g/mol. The summed E-state index contributed by atoms with van der Waals surface area (Å²) in [5.74, 6) is 0. The van der Waals surface area contributed by atoms with Crippen molar-refractivity contribution in [3.8, 4) is 0 Å². The first-order valence-electron chi connectivity index (χ1n) is 21.0. The van der Waals surface area contributed by atoms with Crippen molar-refractivity contribution in [3.63, 3.8) is 0 Å². The van der Waals surface area contributed by atoms with Gasteiger partial charge < -0.3 is 0 Å². The number of benzene rings is 8. The second kappa shape index (κ2) is 26.6. The first-order chi connectivity index (χ1) is 27.2. The lowest BCUT2D eigenvalue weighted by Gasteiger charge is -2.11. The van der Waals surface area contributed by atoms with Crippen LogP contribution in [0.2, 0.25) is 0 Å². The summed E-state index contributed by atoms with van der Waals surface area (Å²) in [6.45, 7) is 33.3. The lowest BCUT2D eigenvalue weighted by molar-refractivity contribution is 1.34. The Bertz CT molecular complexity index is 2190. The summed E-state index contributed by atoms with van der Waals surface area (Å²) >= 11 is 0. The van der Waals surface area contributed by atoms with Crippen LogP contribution in [-0.4, -0.2) is 0 Å². The summed E-state index contributed by atoms with van der Waals surface area (Å²) in [6, 6.07) is 51.5. The molecule has 0 atom stereocenters. The minimum absolute atomic E-state index is 1.33. The smallest absolute Gasteiger partial charge is 0.0103 e. The average Bonchev–Trinajstić information content (AvgIpc) is 3.26. The van der Waals surface area contributed by atoms with Gasteiger partial charge in [-0.2, -0.15) is 0 Å². The minimum Gasteiger partial charge on any atom is -0.0683 e. The Morgan fingerprint density at radius 1 is 0.214 bits per heavy atom. The van der Waals surface area contributed by atoms with Crippen LogP contribution in [0.4, 0.5) is 0 Å². The predicted molar refractivity (Wildman–Crippen MR) is 259 cm³/mol. The van der Waals surface area contributed by atoms with E-state index in [0.29, 0.717) is 0 Å². The topological polar surface area (TPSA) is 0 Å². The van der Waals surface area contributed by atoms with Crippen LogP contribution < -0.4 is 0 Å². The highest BCUT2D eigenvalue weighted by Gasteiger charge is 2.06. The fraction of sp³-hybridized carbons (Fsp3) is 0.286. The van der Waals surface area contributed by atoms with Crippen molar-refractivity contribution in [2.75, 3.05) is 0 Å². The molecule has 56 heavy (non-hydrogen) atoms. The number of hydrogen-bond acceptors (Lipinski definition) is 0. The fourth-order valence-electron chi connectivity index (χ4n) is 6.16. The van der Waals surface area contributed by atoms with E-state index in [2.05, 4.69) is 201 Å². The standard InChI is InChI=1S/C16H14.2C12H12.C8H10.4C2H6/c1-11-12(2)14-8-4-6-10-16(14)15-9-5-3-7-13(11)15;1-9-7-11-5-3-4-6-12(11)8-10(9)2;1-9-7-8-11-5-3-4-6-12(11)10(9)2;1-7-5-3-4-6-8(7)2;4*1-2/h3-10H,1-2H3;2*3-8H,1-2H3;3-6H,1-2H3;4*1-2H3. The first kappa shape index (κ1) is 48.8. The summed E-state index contributed by atoms with van der Waals surface area (Å²) in [5, 5.41) is 10.8. The maximum Gasteiger partial charge on any atom is -0.0103 e. The van der Waals surface area contributed by atoms with E-state index in [0.717, 1.165) is 0 Å². The van der Waals surface area contributed by atoms with Gasteiger partial charge in [0.15, 0.2) is 0 Å². The van der Waals surface area contributed by atoms with Gasteiger partial charge in [-0.1, -0.05) is 201 Å². The molecule has 0 aromatic heterocycles. The van der Waals surface area contributed by atoms with E-state index in [4.69, 9.17) is 0 Å². The molecule has 0 N–H and O–H groups in total. The normalized spacial score (nSPS) is 9.43. The van der Waals surface area contributed by atoms with Crippen LogP contribution in [-0.2, 0) is 0 Å². The van der Waals surface area contributed by atoms with Gasteiger partial charge in [-0.05, 0) is 143 Å². The zero-order valence-corrected chi connectivity index (χ0v) is 37.9. The third-order valence-electron chi connectivity index (χ3n) is 9.77. The third-order valence-corrected chi connectivity index (χ3v) is 9.77. The van der Waals surface area contributed by atoms with Gasteiger partial charge in [0, 0.05) is 0 Å². The fourth-order valence-corrected chi connectivity index (χ4v) is 6.16. The molecule has 0 saturated heterocycles.